The molecule has 1 aromatic rings. The Balaban J connectivity index is 2.02. The van der Waals surface area contributed by atoms with Crippen molar-refractivity contribution in [3.8, 4) is 11.5 Å². The Kier molecular flexibility index (Phi) is 2.95. The molecule has 1 saturated carbocycles. The predicted octanol–water partition coefficient (Wildman–Crippen LogP) is 1.58. The highest BCUT2D eigenvalue weighted by atomic mass is 16.3. The molecule has 2 aliphatic rings. The zero-order valence-electron chi connectivity index (χ0n) is 11.2. The van der Waals surface area contributed by atoms with Crippen molar-refractivity contribution in [2.75, 3.05) is 13.6 Å². The highest BCUT2D eigenvalue weighted by Crippen LogP contribution is 2.49. The van der Waals surface area contributed by atoms with E-state index in [-0.39, 0.29) is 23.0 Å². The standard InChI is InChI=1S/C15H21NO3/c1-16-7-6-15(5-4-11(17)9-14(15)16)10-2-3-12(18)13(19)8-10/h2-3,8,11,14,17-19H,4-7,9H2,1H3. The normalized spacial score (nSPS) is 35.3. The number of aliphatic hydroxyl groups is 1. The Morgan fingerprint density at radius 2 is 2.00 bits per heavy atom. The first-order valence-electron chi connectivity index (χ1n) is 6.94. The van der Waals surface area contributed by atoms with Crippen molar-refractivity contribution in [1.29, 1.82) is 0 Å². The van der Waals surface area contributed by atoms with E-state index in [1.165, 1.54) is 0 Å². The SMILES string of the molecule is CN1CCC2(c3ccc(O)c(O)c3)CCC(O)CC12. The lowest BCUT2D eigenvalue weighted by atomic mass is 9.65. The molecule has 0 spiro atoms. The number of fused-ring (bicyclic) bond motifs is 1. The Morgan fingerprint density at radius 3 is 2.74 bits per heavy atom. The molecule has 4 heteroatoms. The van der Waals surface area contributed by atoms with Gasteiger partial charge in [0.05, 0.1) is 6.10 Å². The van der Waals surface area contributed by atoms with Gasteiger partial charge in [-0.15, -0.1) is 0 Å². The molecule has 3 unspecified atom stereocenters. The van der Waals surface area contributed by atoms with E-state index in [4.69, 9.17) is 0 Å². The number of aliphatic hydroxyl groups excluding tert-OH is 1. The number of phenolic OH excluding ortho intramolecular Hbond substituents is 2. The quantitative estimate of drug-likeness (QED) is 0.673. The number of likely N-dealkylation sites (N-methyl/N-ethyl adjacent to an activating group) is 1. The van der Waals surface area contributed by atoms with E-state index < -0.39 is 0 Å². The van der Waals surface area contributed by atoms with Gasteiger partial charge >= 0.3 is 0 Å². The zero-order chi connectivity index (χ0) is 13.6. The summed E-state index contributed by atoms with van der Waals surface area (Å²) in [5.41, 5.74) is 1.10. The van der Waals surface area contributed by atoms with Crippen LogP contribution in [0.5, 0.6) is 11.5 Å². The van der Waals surface area contributed by atoms with Crippen molar-refractivity contribution in [1.82, 2.24) is 4.90 Å². The highest BCUT2D eigenvalue weighted by molar-refractivity contribution is 5.44. The predicted molar refractivity (Wildman–Crippen MR) is 72.3 cm³/mol. The second-order valence-corrected chi connectivity index (χ2v) is 6.03. The summed E-state index contributed by atoms with van der Waals surface area (Å²) in [4.78, 5) is 2.31. The van der Waals surface area contributed by atoms with Crippen LogP contribution in [0.4, 0.5) is 0 Å². The molecular weight excluding hydrogens is 242 g/mol. The summed E-state index contributed by atoms with van der Waals surface area (Å²) in [5, 5.41) is 29.1. The van der Waals surface area contributed by atoms with E-state index >= 15 is 0 Å². The van der Waals surface area contributed by atoms with Gasteiger partial charge in [0, 0.05) is 11.5 Å². The van der Waals surface area contributed by atoms with Gasteiger partial charge in [-0.3, -0.25) is 0 Å². The second kappa shape index (κ2) is 4.39. The third-order valence-corrected chi connectivity index (χ3v) is 5.05. The third-order valence-electron chi connectivity index (χ3n) is 5.05. The van der Waals surface area contributed by atoms with Crippen LogP contribution in [0.15, 0.2) is 18.2 Å². The van der Waals surface area contributed by atoms with E-state index in [0.717, 1.165) is 37.8 Å². The number of benzene rings is 1. The van der Waals surface area contributed by atoms with Gasteiger partial charge in [0.2, 0.25) is 0 Å². The third kappa shape index (κ3) is 1.90. The molecule has 1 saturated heterocycles. The number of nitrogens with zero attached hydrogens (tertiary/aromatic N) is 1. The van der Waals surface area contributed by atoms with Crippen LogP contribution in [0, 0.1) is 0 Å². The Bertz CT molecular complexity index is 490. The maximum absolute atomic E-state index is 9.92. The number of phenols is 2. The molecule has 2 fully saturated rings. The number of aromatic hydroxyl groups is 2. The van der Waals surface area contributed by atoms with Crippen LogP contribution >= 0.6 is 0 Å². The van der Waals surface area contributed by atoms with Gasteiger partial charge < -0.3 is 20.2 Å². The number of likely N-dealkylation sites (tertiary alicyclic amines) is 1. The average molecular weight is 263 g/mol. The van der Waals surface area contributed by atoms with E-state index in [9.17, 15) is 15.3 Å². The molecule has 3 atom stereocenters. The van der Waals surface area contributed by atoms with Crippen LogP contribution in [-0.4, -0.2) is 46.0 Å². The van der Waals surface area contributed by atoms with Crippen molar-refractivity contribution >= 4 is 0 Å². The van der Waals surface area contributed by atoms with Gasteiger partial charge in [-0.05, 0) is 57.0 Å². The fourth-order valence-electron chi connectivity index (χ4n) is 3.93. The monoisotopic (exact) mass is 263 g/mol. The fourth-order valence-corrected chi connectivity index (χ4v) is 3.93. The summed E-state index contributed by atoms with van der Waals surface area (Å²) in [6, 6.07) is 5.50. The van der Waals surface area contributed by atoms with Crippen LogP contribution in [0.2, 0.25) is 0 Å². The number of rotatable bonds is 1. The molecule has 3 rings (SSSR count). The van der Waals surface area contributed by atoms with E-state index in [2.05, 4.69) is 11.9 Å². The van der Waals surface area contributed by atoms with Gasteiger partial charge in [-0.25, -0.2) is 0 Å². The van der Waals surface area contributed by atoms with Gasteiger partial charge in [0.1, 0.15) is 0 Å². The Labute approximate surface area is 113 Å². The summed E-state index contributed by atoms with van der Waals surface area (Å²) >= 11 is 0. The van der Waals surface area contributed by atoms with Crippen molar-refractivity contribution in [2.24, 2.45) is 0 Å². The minimum absolute atomic E-state index is 0.0131. The lowest BCUT2D eigenvalue weighted by Gasteiger charge is -2.43. The molecule has 104 valence electrons. The van der Waals surface area contributed by atoms with Crippen LogP contribution in [0.3, 0.4) is 0 Å². The summed E-state index contributed by atoms with van der Waals surface area (Å²) in [6.07, 6.45) is 3.37. The van der Waals surface area contributed by atoms with Gasteiger partial charge in [0.25, 0.3) is 0 Å². The maximum Gasteiger partial charge on any atom is 0.157 e. The molecule has 0 amide bonds. The number of hydrogen-bond acceptors (Lipinski definition) is 4. The Morgan fingerprint density at radius 1 is 1.21 bits per heavy atom. The lowest BCUT2D eigenvalue weighted by Crippen LogP contribution is -2.47. The highest BCUT2D eigenvalue weighted by Gasteiger charge is 2.50. The molecule has 19 heavy (non-hydrogen) atoms. The molecule has 4 nitrogen and oxygen atoms in total. The lowest BCUT2D eigenvalue weighted by molar-refractivity contribution is 0.0566. The van der Waals surface area contributed by atoms with E-state index in [1.54, 1.807) is 12.1 Å². The largest absolute Gasteiger partial charge is 0.504 e. The molecule has 1 aliphatic carbocycles. The van der Waals surface area contributed by atoms with Gasteiger partial charge in [-0.2, -0.15) is 0 Å². The zero-order valence-corrected chi connectivity index (χ0v) is 11.2. The van der Waals surface area contributed by atoms with Crippen molar-refractivity contribution in [3.63, 3.8) is 0 Å². The van der Waals surface area contributed by atoms with Crippen molar-refractivity contribution in [2.45, 2.75) is 43.2 Å². The van der Waals surface area contributed by atoms with E-state index in [1.807, 2.05) is 6.07 Å². The minimum Gasteiger partial charge on any atom is -0.504 e. The van der Waals surface area contributed by atoms with Crippen LogP contribution in [0.25, 0.3) is 0 Å². The van der Waals surface area contributed by atoms with Gasteiger partial charge in [-0.1, -0.05) is 6.07 Å². The minimum atomic E-state index is -0.218. The molecule has 3 N–H and O–H groups in total. The molecular formula is C15H21NO3. The molecule has 0 bridgehead atoms. The smallest absolute Gasteiger partial charge is 0.157 e. The first-order chi connectivity index (χ1) is 9.03. The first kappa shape index (κ1) is 12.8. The topological polar surface area (TPSA) is 63.9 Å². The molecule has 1 aliphatic heterocycles. The summed E-state index contributed by atoms with van der Waals surface area (Å²) in [5.74, 6) is -0.120. The second-order valence-electron chi connectivity index (χ2n) is 6.03. The van der Waals surface area contributed by atoms with Crippen LogP contribution in [0.1, 0.15) is 31.2 Å². The molecule has 0 radical (unpaired) electrons. The van der Waals surface area contributed by atoms with Crippen molar-refractivity contribution < 1.29 is 15.3 Å². The van der Waals surface area contributed by atoms with Gasteiger partial charge in [0.15, 0.2) is 11.5 Å². The molecule has 1 heterocycles. The van der Waals surface area contributed by atoms with Crippen LogP contribution < -0.4 is 0 Å². The summed E-state index contributed by atoms with van der Waals surface area (Å²) in [6.45, 7) is 1.01. The molecule has 1 aromatic carbocycles. The molecule has 0 aromatic heterocycles. The summed E-state index contributed by atoms with van der Waals surface area (Å²) in [7, 11) is 2.10. The van der Waals surface area contributed by atoms with Crippen LogP contribution in [-0.2, 0) is 5.41 Å². The average Bonchev–Trinajstić information content (AvgIpc) is 2.72. The summed E-state index contributed by atoms with van der Waals surface area (Å²) < 4.78 is 0. The number of hydrogen-bond donors (Lipinski definition) is 3. The van der Waals surface area contributed by atoms with E-state index in [0.29, 0.717) is 6.04 Å². The fraction of sp³-hybridized carbons (Fsp3) is 0.600. The van der Waals surface area contributed by atoms with Crippen molar-refractivity contribution in [3.05, 3.63) is 23.8 Å². The first-order valence-corrected chi connectivity index (χ1v) is 6.94. The maximum atomic E-state index is 9.92. The Hall–Kier alpha value is -1.26.